The summed E-state index contributed by atoms with van der Waals surface area (Å²) in [5.41, 5.74) is -2.22. The first kappa shape index (κ1) is 20.9. The predicted molar refractivity (Wildman–Crippen MR) is 102 cm³/mol. The van der Waals surface area contributed by atoms with Gasteiger partial charge in [-0.05, 0) is 37.6 Å². The fourth-order valence-corrected chi connectivity index (χ4v) is 3.45. The number of imide groups is 1. The lowest BCUT2D eigenvalue weighted by molar-refractivity contribution is -0.198. The zero-order valence-corrected chi connectivity index (χ0v) is 15.9. The lowest BCUT2D eigenvalue weighted by Crippen LogP contribution is -2.56. The van der Waals surface area contributed by atoms with E-state index in [1.54, 1.807) is 18.0 Å². The molecule has 0 saturated carbocycles. The number of alkyl halides is 3. The van der Waals surface area contributed by atoms with Crippen molar-refractivity contribution >= 4 is 11.9 Å². The van der Waals surface area contributed by atoms with Gasteiger partial charge in [-0.15, -0.1) is 0 Å². The lowest BCUT2D eigenvalue weighted by atomic mass is 9.89. The average Bonchev–Trinajstić information content (AvgIpc) is 2.95. The van der Waals surface area contributed by atoms with Crippen molar-refractivity contribution in [2.24, 2.45) is 0 Å². The lowest BCUT2D eigenvalue weighted by Gasteiger charge is -2.30. The van der Waals surface area contributed by atoms with Gasteiger partial charge in [0.2, 0.25) is 5.54 Å². The second kappa shape index (κ2) is 8.24. The molecule has 1 aliphatic heterocycles. The summed E-state index contributed by atoms with van der Waals surface area (Å²) in [5, 5.41) is 1.90. The SMILES string of the molecule is CN(CCCc1ccccc1)CN1C(=O)NC(c2ccccc2)(C(F)(F)F)C1=O. The smallest absolute Gasteiger partial charge is 0.312 e. The largest absolute Gasteiger partial charge is 0.425 e. The number of hydrogen-bond donors (Lipinski definition) is 1. The van der Waals surface area contributed by atoms with E-state index < -0.39 is 23.7 Å². The van der Waals surface area contributed by atoms with E-state index in [0.29, 0.717) is 11.4 Å². The number of carbonyl (C=O) groups excluding carboxylic acids is 2. The van der Waals surface area contributed by atoms with Crippen LogP contribution < -0.4 is 5.32 Å². The summed E-state index contributed by atoms with van der Waals surface area (Å²) >= 11 is 0. The highest BCUT2D eigenvalue weighted by molar-refractivity contribution is 6.08. The fraction of sp³-hybridized carbons (Fsp3) is 0.333. The van der Waals surface area contributed by atoms with Gasteiger partial charge in [0, 0.05) is 0 Å². The third kappa shape index (κ3) is 4.12. The molecule has 29 heavy (non-hydrogen) atoms. The highest BCUT2D eigenvalue weighted by Gasteiger charge is 2.68. The number of halogens is 3. The summed E-state index contributed by atoms with van der Waals surface area (Å²) in [7, 11) is 1.67. The van der Waals surface area contributed by atoms with Crippen molar-refractivity contribution in [3.05, 3.63) is 71.8 Å². The van der Waals surface area contributed by atoms with E-state index in [0.717, 1.165) is 18.4 Å². The molecule has 3 rings (SSSR count). The van der Waals surface area contributed by atoms with E-state index in [-0.39, 0.29) is 12.2 Å². The molecule has 0 aromatic heterocycles. The molecule has 0 aliphatic carbocycles. The summed E-state index contributed by atoms with van der Waals surface area (Å²) in [5.74, 6) is -1.31. The molecule has 1 saturated heterocycles. The van der Waals surface area contributed by atoms with Crippen molar-refractivity contribution in [2.45, 2.75) is 24.6 Å². The molecule has 1 N–H and O–H groups in total. The highest BCUT2D eigenvalue weighted by atomic mass is 19.4. The van der Waals surface area contributed by atoms with Gasteiger partial charge < -0.3 is 5.32 Å². The maximum Gasteiger partial charge on any atom is 0.425 e. The minimum absolute atomic E-state index is 0.218. The van der Waals surface area contributed by atoms with Gasteiger partial charge >= 0.3 is 12.2 Å². The van der Waals surface area contributed by atoms with Gasteiger partial charge in [-0.25, -0.2) is 9.69 Å². The van der Waals surface area contributed by atoms with Crippen LogP contribution in [0.5, 0.6) is 0 Å². The molecule has 2 aromatic rings. The van der Waals surface area contributed by atoms with Gasteiger partial charge in [0.25, 0.3) is 5.91 Å². The Bertz CT molecular complexity index is 858. The Morgan fingerprint density at radius 1 is 1.00 bits per heavy atom. The molecule has 0 bridgehead atoms. The van der Waals surface area contributed by atoms with E-state index >= 15 is 0 Å². The number of urea groups is 1. The van der Waals surface area contributed by atoms with E-state index in [2.05, 4.69) is 0 Å². The molecule has 1 aliphatic rings. The Morgan fingerprint density at radius 3 is 2.17 bits per heavy atom. The molecular formula is C21H22F3N3O2. The van der Waals surface area contributed by atoms with Gasteiger partial charge in [0.15, 0.2) is 0 Å². The maximum atomic E-state index is 14.0. The summed E-state index contributed by atoms with van der Waals surface area (Å²) in [6, 6.07) is 15.5. The Labute approximate surface area is 167 Å². The predicted octanol–water partition coefficient (Wildman–Crippen LogP) is 3.52. The summed E-state index contributed by atoms with van der Waals surface area (Å²) < 4.78 is 41.9. The van der Waals surface area contributed by atoms with Crippen molar-refractivity contribution in [1.82, 2.24) is 15.1 Å². The third-order valence-corrected chi connectivity index (χ3v) is 4.97. The van der Waals surface area contributed by atoms with Gasteiger partial charge in [0.1, 0.15) is 0 Å². The number of hydrogen-bond acceptors (Lipinski definition) is 3. The molecule has 1 unspecified atom stereocenters. The highest BCUT2D eigenvalue weighted by Crippen LogP contribution is 2.43. The van der Waals surface area contributed by atoms with Crippen LogP contribution in [0.1, 0.15) is 17.5 Å². The van der Waals surface area contributed by atoms with Crippen molar-refractivity contribution < 1.29 is 22.8 Å². The first-order valence-corrected chi connectivity index (χ1v) is 9.24. The monoisotopic (exact) mass is 405 g/mol. The number of nitrogens with one attached hydrogen (secondary N) is 1. The van der Waals surface area contributed by atoms with E-state index in [1.807, 2.05) is 35.6 Å². The molecule has 5 nitrogen and oxygen atoms in total. The van der Waals surface area contributed by atoms with E-state index in [9.17, 15) is 22.8 Å². The molecule has 1 fully saturated rings. The molecule has 1 atom stereocenters. The van der Waals surface area contributed by atoms with Crippen LogP contribution in [0.2, 0.25) is 0 Å². The normalized spacial score (nSPS) is 19.7. The third-order valence-electron chi connectivity index (χ3n) is 4.97. The zero-order valence-electron chi connectivity index (χ0n) is 15.9. The van der Waals surface area contributed by atoms with Crippen LogP contribution in [-0.4, -0.2) is 48.2 Å². The van der Waals surface area contributed by atoms with Crippen LogP contribution in [-0.2, 0) is 16.8 Å². The molecule has 1 heterocycles. The van der Waals surface area contributed by atoms with Crippen LogP contribution in [0.15, 0.2) is 60.7 Å². The standard InChI is InChI=1S/C21H22F3N3O2/c1-26(14-8-11-16-9-4-2-5-10-16)15-27-18(28)20(21(22,23)24,25-19(27)29)17-12-6-3-7-13-17/h2-7,9-10,12-13H,8,11,14-15H2,1H3,(H,25,29). The molecule has 0 radical (unpaired) electrons. The average molecular weight is 405 g/mol. The van der Waals surface area contributed by atoms with Crippen molar-refractivity contribution in [2.75, 3.05) is 20.3 Å². The summed E-state index contributed by atoms with van der Waals surface area (Å²) in [6.07, 6.45) is -3.43. The van der Waals surface area contributed by atoms with Crippen LogP contribution in [0.25, 0.3) is 0 Å². The molecule has 3 amide bonds. The van der Waals surface area contributed by atoms with Crippen LogP contribution in [0.3, 0.4) is 0 Å². The zero-order chi connectivity index (χ0) is 21.1. The Balaban J connectivity index is 1.70. The number of nitrogens with zero attached hydrogens (tertiary/aromatic N) is 2. The maximum absolute atomic E-state index is 14.0. The minimum atomic E-state index is -4.97. The number of aryl methyl sites for hydroxylation is 1. The fourth-order valence-electron chi connectivity index (χ4n) is 3.45. The summed E-state index contributed by atoms with van der Waals surface area (Å²) in [4.78, 5) is 27.4. The van der Waals surface area contributed by atoms with Gasteiger partial charge in [-0.1, -0.05) is 60.7 Å². The van der Waals surface area contributed by atoms with Gasteiger partial charge in [0.05, 0.1) is 6.67 Å². The molecule has 154 valence electrons. The Hall–Kier alpha value is -2.87. The topological polar surface area (TPSA) is 52.6 Å². The number of benzene rings is 2. The Morgan fingerprint density at radius 2 is 1.59 bits per heavy atom. The molecule has 2 aromatic carbocycles. The quantitative estimate of drug-likeness (QED) is 0.718. The minimum Gasteiger partial charge on any atom is -0.312 e. The second-order valence-electron chi connectivity index (χ2n) is 7.09. The van der Waals surface area contributed by atoms with E-state index in [1.165, 1.54) is 24.3 Å². The van der Waals surface area contributed by atoms with Crippen LogP contribution in [0.4, 0.5) is 18.0 Å². The molecule has 0 spiro atoms. The Kier molecular flexibility index (Phi) is 5.93. The first-order chi connectivity index (χ1) is 13.8. The van der Waals surface area contributed by atoms with Crippen LogP contribution >= 0.6 is 0 Å². The van der Waals surface area contributed by atoms with Crippen molar-refractivity contribution in [3.63, 3.8) is 0 Å². The van der Waals surface area contributed by atoms with Gasteiger partial charge in [-0.3, -0.25) is 9.69 Å². The first-order valence-electron chi connectivity index (χ1n) is 9.24. The van der Waals surface area contributed by atoms with Crippen LogP contribution in [0, 0.1) is 0 Å². The number of carbonyl (C=O) groups is 2. The molecular weight excluding hydrogens is 383 g/mol. The molecule has 8 heteroatoms. The van der Waals surface area contributed by atoms with Crippen molar-refractivity contribution in [3.8, 4) is 0 Å². The second-order valence-corrected chi connectivity index (χ2v) is 7.09. The number of rotatable bonds is 7. The van der Waals surface area contributed by atoms with Gasteiger partial charge in [-0.2, -0.15) is 13.2 Å². The number of amides is 3. The summed E-state index contributed by atoms with van der Waals surface area (Å²) in [6.45, 7) is 0.306. The van der Waals surface area contributed by atoms with Crippen molar-refractivity contribution in [1.29, 1.82) is 0 Å². The van der Waals surface area contributed by atoms with E-state index in [4.69, 9.17) is 0 Å².